The van der Waals surface area contributed by atoms with Crippen molar-refractivity contribution in [3.05, 3.63) is 66.5 Å². The molecule has 4 aromatic rings. The van der Waals surface area contributed by atoms with Gasteiger partial charge in [-0.1, -0.05) is 36.0 Å². The van der Waals surface area contributed by atoms with Gasteiger partial charge in [0.05, 0.1) is 11.1 Å². The van der Waals surface area contributed by atoms with Crippen molar-refractivity contribution in [2.45, 2.75) is 16.0 Å². The molecule has 0 bridgehead atoms. The molecule has 0 aliphatic carbocycles. The number of anilines is 2. The summed E-state index contributed by atoms with van der Waals surface area (Å²) in [5, 5.41) is 10.8. The van der Waals surface area contributed by atoms with Crippen molar-refractivity contribution in [1.82, 2.24) is 15.0 Å². The molecule has 12 heteroatoms. The molecular formula is C22H17F4N5O2S. The molecule has 0 aliphatic rings. The number of aliphatic carboxylic acids is 1. The number of hydrogen-bond acceptors (Lipinski definition) is 7. The van der Waals surface area contributed by atoms with E-state index in [9.17, 15) is 17.6 Å². The van der Waals surface area contributed by atoms with Crippen molar-refractivity contribution >= 4 is 40.5 Å². The maximum Gasteiger partial charge on any atom is 0.490 e. The van der Waals surface area contributed by atoms with Crippen molar-refractivity contribution in [1.29, 1.82) is 0 Å². The van der Waals surface area contributed by atoms with Crippen LogP contribution in [0.25, 0.3) is 22.3 Å². The summed E-state index contributed by atoms with van der Waals surface area (Å²) in [6.07, 6.45) is -5.08. The van der Waals surface area contributed by atoms with E-state index in [1.54, 1.807) is 19.2 Å². The summed E-state index contributed by atoms with van der Waals surface area (Å²) in [4.78, 5) is 23.6. The second kappa shape index (κ2) is 10.3. The summed E-state index contributed by atoms with van der Waals surface area (Å²) >= 11 is 1.49. The Hall–Kier alpha value is -3.93. The number of nitrogens with two attached hydrogens (primary N) is 1. The summed E-state index contributed by atoms with van der Waals surface area (Å²) in [6.45, 7) is 0. The highest BCUT2D eigenvalue weighted by Crippen LogP contribution is 2.37. The van der Waals surface area contributed by atoms with Gasteiger partial charge in [0.1, 0.15) is 11.6 Å². The third-order valence-electron chi connectivity index (χ3n) is 4.26. The van der Waals surface area contributed by atoms with E-state index in [0.29, 0.717) is 22.7 Å². The number of nitrogen functional groups attached to an aromatic ring is 1. The van der Waals surface area contributed by atoms with Gasteiger partial charge in [0, 0.05) is 22.4 Å². The van der Waals surface area contributed by atoms with Gasteiger partial charge < -0.3 is 16.2 Å². The van der Waals surface area contributed by atoms with Crippen LogP contribution in [-0.4, -0.2) is 39.3 Å². The van der Waals surface area contributed by atoms with Crippen molar-refractivity contribution < 1.29 is 27.5 Å². The fraction of sp³-hybridized carbons (Fsp3) is 0.0909. The van der Waals surface area contributed by atoms with Gasteiger partial charge in [-0.15, -0.1) is 0 Å². The molecule has 0 amide bonds. The number of hydrogen-bond donors (Lipinski definition) is 3. The Morgan fingerprint density at radius 2 is 1.68 bits per heavy atom. The number of halogens is 4. The predicted octanol–water partition coefficient (Wildman–Crippen LogP) is 5.24. The van der Waals surface area contributed by atoms with E-state index in [4.69, 9.17) is 15.6 Å². The van der Waals surface area contributed by atoms with Gasteiger partial charge >= 0.3 is 12.1 Å². The number of benzene rings is 2. The molecule has 0 saturated carbocycles. The molecule has 0 saturated heterocycles. The minimum absolute atomic E-state index is 0.115. The molecule has 4 N–H and O–H groups in total. The fourth-order valence-electron chi connectivity index (χ4n) is 2.81. The van der Waals surface area contributed by atoms with Crippen LogP contribution < -0.4 is 11.1 Å². The van der Waals surface area contributed by atoms with Crippen molar-refractivity contribution in [3.8, 4) is 11.3 Å². The van der Waals surface area contributed by atoms with Gasteiger partial charge in [-0.3, -0.25) is 0 Å². The minimum Gasteiger partial charge on any atom is -0.475 e. The monoisotopic (exact) mass is 491 g/mol. The molecular weight excluding hydrogens is 474 g/mol. The number of rotatable bonds is 4. The van der Waals surface area contributed by atoms with E-state index in [2.05, 4.69) is 20.3 Å². The molecule has 0 atom stereocenters. The highest BCUT2D eigenvalue weighted by Gasteiger charge is 2.38. The van der Waals surface area contributed by atoms with Gasteiger partial charge in [0.15, 0.2) is 5.65 Å². The van der Waals surface area contributed by atoms with Gasteiger partial charge in [0.2, 0.25) is 5.95 Å². The number of pyridine rings is 1. The average Bonchev–Trinajstić information content (AvgIpc) is 2.78. The number of nitrogens with zero attached hydrogens (tertiary/aromatic N) is 3. The van der Waals surface area contributed by atoms with Gasteiger partial charge in [0.25, 0.3) is 0 Å². The largest absolute Gasteiger partial charge is 0.490 e. The normalized spacial score (nSPS) is 11.0. The summed E-state index contributed by atoms with van der Waals surface area (Å²) < 4.78 is 46.5. The van der Waals surface area contributed by atoms with Crippen LogP contribution >= 0.6 is 11.8 Å². The average molecular weight is 491 g/mol. The third kappa shape index (κ3) is 5.90. The molecule has 176 valence electrons. The molecule has 0 radical (unpaired) electrons. The number of alkyl halides is 3. The smallest absolute Gasteiger partial charge is 0.475 e. The first kappa shape index (κ1) is 24.7. The molecule has 2 heterocycles. The Morgan fingerprint density at radius 1 is 1.00 bits per heavy atom. The molecule has 7 nitrogen and oxygen atoms in total. The summed E-state index contributed by atoms with van der Waals surface area (Å²) in [5.41, 5.74) is 7.13. The summed E-state index contributed by atoms with van der Waals surface area (Å²) in [5.74, 6) is -2.39. The van der Waals surface area contributed by atoms with Crippen LogP contribution in [0.4, 0.5) is 29.3 Å². The number of carboxylic acids is 1. The van der Waals surface area contributed by atoms with Crippen LogP contribution in [0.15, 0.2) is 70.5 Å². The first-order valence-electron chi connectivity index (χ1n) is 9.54. The molecule has 34 heavy (non-hydrogen) atoms. The highest BCUT2D eigenvalue weighted by atomic mass is 32.2. The molecule has 4 rings (SSSR count). The minimum atomic E-state index is -5.08. The van der Waals surface area contributed by atoms with E-state index < -0.39 is 12.1 Å². The zero-order valence-corrected chi connectivity index (χ0v) is 18.3. The standard InChI is InChI=1S/C20H16FN5S.C2HF3O2/c1-23-18-13-10-11-15(24-19(13)26-20(22)25-18)17-14(21)8-5-9-16(17)27-12-6-3-2-4-7-12;3-2(4,5)1(6)7/h2-11H,1H3,(H3,22,23,24,25,26);(H,6,7). The molecule has 0 spiro atoms. The van der Waals surface area contributed by atoms with E-state index in [1.807, 2.05) is 42.5 Å². The van der Waals surface area contributed by atoms with Crippen LogP contribution in [-0.2, 0) is 4.79 Å². The van der Waals surface area contributed by atoms with E-state index in [-0.39, 0.29) is 11.8 Å². The maximum absolute atomic E-state index is 14.7. The zero-order valence-electron chi connectivity index (χ0n) is 17.5. The molecule has 0 fully saturated rings. The van der Waals surface area contributed by atoms with Crippen LogP contribution in [0, 0.1) is 5.82 Å². The number of carbonyl (C=O) groups is 1. The number of aromatic nitrogens is 3. The number of nitrogens with one attached hydrogen (secondary N) is 1. The number of fused-ring (bicyclic) bond motifs is 1. The Kier molecular flexibility index (Phi) is 7.51. The van der Waals surface area contributed by atoms with E-state index in [0.717, 1.165) is 15.2 Å². The molecule has 2 aromatic heterocycles. The quantitative estimate of drug-likeness (QED) is 0.332. The lowest BCUT2D eigenvalue weighted by Crippen LogP contribution is -2.21. The van der Waals surface area contributed by atoms with Crippen molar-refractivity contribution in [3.63, 3.8) is 0 Å². The number of carboxylic acid groups (broad SMARTS) is 1. The van der Waals surface area contributed by atoms with E-state index in [1.165, 1.54) is 17.8 Å². The molecule has 2 aromatic carbocycles. The third-order valence-corrected chi connectivity index (χ3v) is 5.33. The lowest BCUT2D eigenvalue weighted by atomic mass is 10.1. The highest BCUT2D eigenvalue weighted by molar-refractivity contribution is 7.99. The lowest BCUT2D eigenvalue weighted by Gasteiger charge is -2.11. The second-order valence-electron chi connectivity index (χ2n) is 6.58. The van der Waals surface area contributed by atoms with Crippen molar-refractivity contribution in [2.24, 2.45) is 0 Å². The van der Waals surface area contributed by atoms with Gasteiger partial charge in [-0.2, -0.15) is 23.1 Å². The lowest BCUT2D eigenvalue weighted by molar-refractivity contribution is -0.192. The first-order chi connectivity index (χ1) is 16.1. The Labute approximate surface area is 195 Å². The van der Waals surface area contributed by atoms with E-state index >= 15 is 0 Å². The first-order valence-corrected chi connectivity index (χ1v) is 10.4. The topological polar surface area (TPSA) is 114 Å². The predicted molar refractivity (Wildman–Crippen MR) is 121 cm³/mol. The Balaban J connectivity index is 0.000000406. The molecule has 0 aliphatic heterocycles. The Morgan fingerprint density at radius 3 is 2.29 bits per heavy atom. The maximum atomic E-state index is 14.7. The SMILES string of the molecule is CNc1nc(N)nc2nc(-c3c(F)cccc3Sc3ccccc3)ccc12.O=C(O)C(F)(F)F. The van der Waals surface area contributed by atoms with Gasteiger partial charge in [-0.05, 0) is 36.4 Å². The zero-order chi connectivity index (χ0) is 24.9. The Bertz CT molecular complexity index is 1320. The van der Waals surface area contributed by atoms with Gasteiger partial charge in [-0.25, -0.2) is 14.2 Å². The summed E-state index contributed by atoms with van der Waals surface area (Å²) in [6, 6.07) is 18.4. The van der Waals surface area contributed by atoms with Crippen LogP contribution in [0.3, 0.4) is 0 Å². The molecule has 0 unspecified atom stereocenters. The van der Waals surface area contributed by atoms with Crippen LogP contribution in [0.1, 0.15) is 0 Å². The van der Waals surface area contributed by atoms with Crippen LogP contribution in [0.5, 0.6) is 0 Å². The second-order valence-corrected chi connectivity index (χ2v) is 7.69. The summed E-state index contributed by atoms with van der Waals surface area (Å²) in [7, 11) is 1.75. The fourth-order valence-corrected chi connectivity index (χ4v) is 3.81. The van der Waals surface area contributed by atoms with Crippen molar-refractivity contribution in [2.75, 3.05) is 18.1 Å². The van der Waals surface area contributed by atoms with Crippen LogP contribution in [0.2, 0.25) is 0 Å².